The zero-order valence-electron chi connectivity index (χ0n) is 15.1. The van der Waals surface area contributed by atoms with Gasteiger partial charge >= 0.3 is 5.97 Å². The number of rotatable bonds is 8. The zero-order valence-corrected chi connectivity index (χ0v) is 15.1. The molecule has 1 aliphatic rings. The highest BCUT2D eigenvalue weighted by Gasteiger charge is 2.28. The molecule has 1 aliphatic heterocycles. The Bertz CT molecular complexity index is 542. The van der Waals surface area contributed by atoms with Crippen LogP contribution >= 0.6 is 0 Å². The molecule has 0 N–H and O–H groups in total. The number of amides is 1. The molecule has 0 aliphatic carbocycles. The van der Waals surface area contributed by atoms with Gasteiger partial charge in [-0.3, -0.25) is 14.5 Å². The number of hydrogen-bond donors (Lipinski definition) is 0. The molecule has 1 saturated heterocycles. The van der Waals surface area contributed by atoms with Crippen LogP contribution in [0.1, 0.15) is 24.8 Å². The summed E-state index contributed by atoms with van der Waals surface area (Å²) in [5.41, 5.74) is 1.30. The lowest BCUT2D eigenvalue weighted by molar-refractivity contribution is -0.143. The largest absolute Gasteiger partial charge is 0.469 e. The number of benzene rings is 1. The molecule has 0 spiro atoms. The molecule has 0 radical (unpaired) electrons. The summed E-state index contributed by atoms with van der Waals surface area (Å²) in [4.78, 5) is 28.0. The van der Waals surface area contributed by atoms with Crippen LogP contribution in [0.3, 0.4) is 0 Å². The fourth-order valence-electron chi connectivity index (χ4n) is 3.26. The summed E-state index contributed by atoms with van der Waals surface area (Å²) in [5.74, 6) is -0.357. The number of ether oxygens (including phenoxy) is 2. The predicted octanol–water partition coefficient (Wildman–Crippen LogP) is 1.69. The van der Waals surface area contributed by atoms with Crippen molar-refractivity contribution in [3.05, 3.63) is 35.9 Å². The first-order valence-electron chi connectivity index (χ1n) is 8.75. The van der Waals surface area contributed by atoms with Gasteiger partial charge in [0.05, 0.1) is 13.5 Å². The smallest absolute Gasteiger partial charge is 0.307 e. The molecule has 1 aromatic rings. The van der Waals surface area contributed by atoms with Gasteiger partial charge in [-0.15, -0.1) is 0 Å². The van der Waals surface area contributed by atoms with Crippen LogP contribution in [-0.2, 0) is 25.6 Å². The van der Waals surface area contributed by atoms with Crippen LogP contribution < -0.4 is 0 Å². The number of carbonyl (C=O) groups excluding carboxylic acids is 2. The highest BCUT2D eigenvalue weighted by Crippen LogP contribution is 2.19. The average Bonchev–Trinajstić information content (AvgIpc) is 2.64. The minimum atomic E-state index is -0.295. The van der Waals surface area contributed by atoms with Crippen molar-refractivity contribution in [2.75, 3.05) is 40.5 Å². The molecule has 1 heterocycles. The first-order chi connectivity index (χ1) is 12.1. The lowest BCUT2D eigenvalue weighted by Crippen LogP contribution is -2.49. The Kier molecular flexibility index (Phi) is 7.88. The van der Waals surface area contributed by atoms with Gasteiger partial charge < -0.3 is 14.4 Å². The molecule has 0 unspecified atom stereocenters. The van der Waals surface area contributed by atoms with Crippen molar-refractivity contribution in [2.24, 2.45) is 0 Å². The lowest BCUT2D eigenvalue weighted by Gasteiger charge is -2.38. The van der Waals surface area contributed by atoms with Gasteiger partial charge in [0.15, 0.2) is 0 Å². The summed E-state index contributed by atoms with van der Waals surface area (Å²) in [5, 5.41) is 0. The number of likely N-dealkylation sites (tertiary alicyclic amines) is 1. The molecule has 1 aromatic carbocycles. The quantitative estimate of drug-likeness (QED) is 0.669. The van der Waals surface area contributed by atoms with Gasteiger partial charge in [0.2, 0.25) is 5.91 Å². The molecule has 0 atom stereocenters. The maximum atomic E-state index is 12.4. The molecule has 0 bridgehead atoms. The summed E-state index contributed by atoms with van der Waals surface area (Å²) in [6.45, 7) is 3.24. The van der Waals surface area contributed by atoms with Crippen molar-refractivity contribution < 1.29 is 19.1 Å². The van der Waals surface area contributed by atoms with Crippen LogP contribution in [0.15, 0.2) is 30.3 Å². The molecule has 25 heavy (non-hydrogen) atoms. The van der Waals surface area contributed by atoms with Crippen LogP contribution in [-0.4, -0.2) is 68.2 Å². The summed E-state index contributed by atoms with van der Waals surface area (Å²) in [6, 6.07) is 10.6. The molecular formula is C19H28N2O4. The number of nitrogens with zero attached hydrogens (tertiary/aromatic N) is 2. The van der Waals surface area contributed by atoms with Crippen LogP contribution in [0.2, 0.25) is 0 Å². The van der Waals surface area contributed by atoms with E-state index in [2.05, 4.69) is 29.2 Å². The third-order valence-electron chi connectivity index (χ3n) is 4.62. The van der Waals surface area contributed by atoms with E-state index in [0.717, 1.165) is 32.5 Å². The summed E-state index contributed by atoms with van der Waals surface area (Å²) in [7, 11) is 2.88. The molecule has 0 aromatic heterocycles. The van der Waals surface area contributed by atoms with Gasteiger partial charge in [0, 0.05) is 39.3 Å². The molecule has 1 fully saturated rings. The average molecular weight is 348 g/mol. The van der Waals surface area contributed by atoms with E-state index in [4.69, 9.17) is 9.47 Å². The van der Waals surface area contributed by atoms with Crippen molar-refractivity contribution in [1.82, 2.24) is 9.80 Å². The van der Waals surface area contributed by atoms with Crippen molar-refractivity contribution >= 4 is 11.9 Å². The summed E-state index contributed by atoms with van der Waals surface area (Å²) < 4.78 is 9.69. The second kappa shape index (κ2) is 10.2. The number of esters is 1. The van der Waals surface area contributed by atoms with E-state index in [1.165, 1.54) is 19.8 Å². The SMILES string of the molecule is COCC(=O)N(CCC(=O)OC)C1CCN(Cc2ccccc2)CC1. The Morgan fingerprint density at radius 3 is 2.44 bits per heavy atom. The fraction of sp³-hybridized carbons (Fsp3) is 0.579. The summed E-state index contributed by atoms with van der Waals surface area (Å²) in [6.07, 6.45) is 2.03. The van der Waals surface area contributed by atoms with Crippen LogP contribution in [0.5, 0.6) is 0 Å². The Balaban J connectivity index is 1.88. The third-order valence-corrected chi connectivity index (χ3v) is 4.62. The maximum Gasteiger partial charge on any atom is 0.307 e. The van der Waals surface area contributed by atoms with Crippen molar-refractivity contribution in [3.63, 3.8) is 0 Å². The molecule has 138 valence electrons. The first-order valence-corrected chi connectivity index (χ1v) is 8.75. The Morgan fingerprint density at radius 1 is 1.16 bits per heavy atom. The first kappa shape index (κ1) is 19.4. The summed E-state index contributed by atoms with van der Waals surface area (Å²) >= 11 is 0. The predicted molar refractivity (Wildman–Crippen MR) is 95.0 cm³/mol. The van der Waals surface area contributed by atoms with E-state index >= 15 is 0 Å². The standard InChI is InChI=1S/C19H28N2O4/c1-24-15-18(22)21(13-10-19(23)25-2)17-8-11-20(12-9-17)14-16-6-4-3-5-7-16/h3-7,17H,8-15H2,1-2H3. The maximum absolute atomic E-state index is 12.4. The van der Waals surface area contributed by atoms with Gasteiger partial charge in [-0.2, -0.15) is 0 Å². The van der Waals surface area contributed by atoms with E-state index in [1.807, 2.05) is 6.07 Å². The highest BCUT2D eigenvalue weighted by molar-refractivity contribution is 5.78. The Morgan fingerprint density at radius 2 is 1.84 bits per heavy atom. The van der Waals surface area contributed by atoms with E-state index in [-0.39, 0.29) is 30.9 Å². The van der Waals surface area contributed by atoms with Crippen molar-refractivity contribution in [3.8, 4) is 0 Å². The van der Waals surface area contributed by atoms with Crippen molar-refractivity contribution in [2.45, 2.75) is 31.8 Å². The molecule has 1 amide bonds. The van der Waals surface area contributed by atoms with Gasteiger partial charge in [-0.05, 0) is 18.4 Å². The molecule has 0 saturated carbocycles. The Hall–Kier alpha value is -1.92. The van der Waals surface area contributed by atoms with Gasteiger partial charge in [-0.1, -0.05) is 30.3 Å². The van der Waals surface area contributed by atoms with E-state index in [1.54, 1.807) is 4.90 Å². The number of piperidine rings is 1. The minimum absolute atomic E-state index is 0.0470. The van der Waals surface area contributed by atoms with E-state index in [9.17, 15) is 9.59 Å². The monoisotopic (exact) mass is 348 g/mol. The number of hydrogen-bond acceptors (Lipinski definition) is 5. The lowest BCUT2D eigenvalue weighted by atomic mass is 10.0. The number of methoxy groups -OCH3 is 2. The normalized spacial score (nSPS) is 15.8. The Labute approximate surface area is 149 Å². The van der Waals surface area contributed by atoms with Crippen LogP contribution in [0, 0.1) is 0 Å². The van der Waals surface area contributed by atoms with Crippen LogP contribution in [0.25, 0.3) is 0 Å². The third kappa shape index (κ3) is 6.14. The minimum Gasteiger partial charge on any atom is -0.469 e. The van der Waals surface area contributed by atoms with Gasteiger partial charge in [-0.25, -0.2) is 0 Å². The second-order valence-electron chi connectivity index (χ2n) is 6.34. The van der Waals surface area contributed by atoms with E-state index < -0.39 is 0 Å². The molecular weight excluding hydrogens is 320 g/mol. The van der Waals surface area contributed by atoms with Gasteiger partial charge in [0.25, 0.3) is 0 Å². The fourth-order valence-corrected chi connectivity index (χ4v) is 3.26. The topological polar surface area (TPSA) is 59.1 Å². The van der Waals surface area contributed by atoms with Gasteiger partial charge in [0.1, 0.15) is 6.61 Å². The highest BCUT2D eigenvalue weighted by atomic mass is 16.5. The van der Waals surface area contributed by atoms with Crippen molar-refractivity contribution in [1.29, 1.82) is 0 Å². The zero-order chi connectivity index (χ0) is 18.1. The number of carbonyl (C=O) groups is 2. The van der Waals surface area contributed by atoms with E-state index in [0.29, 0.717) is 6.54 Å². The second-order valence-corrected chi connectivity index (χ2v) is 6.34. The van der Waals surface area contributed by atoms with Crippen LogP contribution in [0.4, 0.5) is 0 Å². The molecule has 6 heteroatoms. The molecule has 2 rings (SSSR count). The molecule has 6 nitrogen and oxygen atoms in total.